The zero-order chi connectivity index (χ0) is 13.3. The predicted octanol–water partition coefficient (Wildman–Crippen LogP) is 1.87. The highest BCUT2D eigenvalue weighted by Crippen LogP contribution is 2.24. The Balaban J connectivity index is 2.95. The van der Waals surface area contributed by atoms with Crippen LogP contribution in [0, 0.1) is 5.41 Å². The Morgan fingerprint density at radius 3 is 2.41 bits per heavy atom. The van der Waals surface area contributed by atoms with E-state index in [-0.39, 0.29) is 5.41 Å². The van der Waals surface area contributed by atoms with Gasteiger partial charge in [0.2, 0.25) is 10.0 Å². The molecule has 0 fully saturated rings. The van der Waals surface area contributed by atoms with E-state index in [9.17, 15) is 8.42 Å². The van der Waals surface area contributed by atoms with Crippen LogP contribution in [0.2, 0.25) is 0 Å². The van der Waals surface area contributed by atoms with Crippen LogP contribution in [0.4, 0.5) is 0 Å². The molecule has 0 atom stereocenters. The highest BCUT2D eigenvalue weighted by molar-refractivity contribution is 7.89. The van der Waals surface area contributed by atoms with E-state index < -0.39 is 10.0 Å². The van der Waals surface area contributed by atoms with Gasteiger partial charge in [0.25, 0.3) is 0 Å². The highest BCUT2D eigenvalue weighted by Gasteiger charge is 2.25. The third kappa shape index (κ3) is 3.77. The number of sulfonamides is 1. The fourth-order valence-electron chi connectivity index (χ4n) is 1.54. The van der Waals surface area contributed by atoms with Crippen molar-refractivity contribution in [1.29, 1.82) is 0 Å². The second-order valence-electron chi connectivity index (χ2n) is 5.27. The van der Waals surface area contributed by atoms with Gasteiger partial charge in [-0.2, -0.15) is 0 Å². The third-order valence-electron chi connectivity index (χ3n) is 2.24. The van der Waals surface area contributed by atoms with Crippen LogP contribution < -0.4 is 5.73 Å². The van der Waals surface area contributed by atoms with Crippen LogP contribution in [0.5, 0.6) is 0 Å². The summed E-state index contributed by atoms with van der Waals surface area (Å²) in [4.78, 5) is 1.22. The molecule has 0 aliphatic rings. The van der Waals surface area contributed by atoms with E-state index in [2.05, 4.69) is 0 Å². The molecule has 0 amide bonds. The number of nitrogens with zero attached hydrogens (tertiary/aromatic N) is 1. The Bertz CT molecular complexity index is 472. The molecule has 17 heavy (non-hydrogen) atoms. The number of thiophene rings is 1. The molecule has 0 aliphatic heterocycles. The van der Waals surface area contributed by atoms with Crippen molar-refractivity contribution in [1.82, 2.24) is 4.31 Å². The molecule has 1 aromatic heterocycles. The molecule has 0 aliphatic carbocycles. The van der Waals surface area contributed by atoms with Crippen LogP contribution in [0.15, 0.2) is 16.3 Å². The second kappa shape index (κ2) is 5.06. The van der Waals surface area contributed by atoms with E-state index in [0.717, 1.165) is 4.88 Å². The van der Waals surface area contributed by atoms with Gasteiger partial charge < -0.3 is 5.73 Å². The highest BCUT2D eigenvalue weighted by atomic mass is 32.2. The summed E-state index contributed by atoms with van der Waals surface area (Å²) in [5, 5.41) is 1.65. The van der Waals surface area contributed by atoms with Gasteiger partial charge in [-0.05, 0) is 11.5 Å². The molecule has 1 heterocycles. The quantitative estimate of drug-likeness (QED) is 0.913. The first-order valence-corrected chi connectivity index (χ1v) is 7.72. The number of hydrogen-bond donors (Lipinski definition) is 1. The molecule has 1 rings (SSSR count). The van der Waals surface area contributed by atoms with Crippen molar-refractivity contribution in [3.63, 3.8) is 0 Å². The minimum absolute atomic E-state index is 0.0610. The van der Waals surface area contributed by atoms with Crippen LogP contribution in [0.25, 0.3) is 0 Å². The lowest BCUT2D eigenvalue weighted by Gasteiger charge is -2.25. The van der Waals surface area contributed by atoms with Crippen molar-refractivity contribution < 1.29 is 8.42 Å². The molecule has 0 saturated heterocycles. The first-order valence-electron chi connectivity index (χ1n) is 5.40. The second-order valence-corrected chi connectivity index (χ2v) is 8.32. The summed E-state index contributed by atoms with van der Waals surface area (Å²) in [6, 6.07) is 1.65. The summed E-state index contributed by atoms with van der Waals surface area (Å²) in [5.74, 6) is 0. The summed E-state index contributed by atoms with van der Waals surface area (Å²) < 4.78 is 25.9. The Labute approximate surface area is 107 Å². The van der Waals surface area contributed by atoms with Gasteiger partial charge in [-0.15, -0.1) is 11.3 Å². The molecule has 1 aromatic rings. The Kier molecular flexibility index (Phi) is 4.35. The molecular weight excluding hydrogens is 256 g/mol. The van der Waals surface area contributed by atoms with Gasteiger partial charge in [-0.1, -0.05) is 20.8 Å². The maximum Gasteiger partial charge on any atom is 0.243 e. The van der Waals surface area contributed by atoms with Crippen molar-refractivity contribution in [2.24, 2.45) is 11.1 Å². The summed E-state index contributed by atoms with van der Waals surface area (Å²) in [6.45, 7) is 6.90. The smallest absolute Gasteiger partial charge is 0.243 e. The summed E-state index contributed by atoms with van der Waals surface area (Å²) in [6.07, 6.45) is 0. The molecule has 0 aromatic carbocycles. The zero-order valence-corrected chi connectivity index (χ0v) is 12.4. The predicted molar refractivity (Wildman–Crippen MR) is 71.5 cm³/mol. The van der Waals surface area contributed by atoms with E-state index in [4.69, 9.17) is 5.73 Å². The van der Waals surface area contributed by atoms with Crippen molar-refractivity contribution >= 4 is 21.4 Å². The van der Waals surface area contributed by atoms with Gasteiger partial charge in [0, 0.05) is 30.4 Å². The van der Waals surface area contributed by atoms with E-state index in [1.54, 1.807) is 18.5 Å². The van der Waals surface area contributed by atoms with Gasteiger partial charge in [-0.25, -0.2) is 12.7 Å². The minimum atomic E-state index is -3.37. The molecule has 0 bridgehead atoms. The maximum absolute atomic E-state index is 12.2. The van der Waals surface area contributed by atoms with Crippen molar-refractivity contribution in [2.45, 2.75) is 32.2 Å². The molecule has 2 N–H and O–H groups in total. The molecule has 0 saturated carbocycles. The largest absolute Gasteiger partial charge is 0.326 e. The van der Waals surface area contributed by atoms with Gasteiger partial charge in [0.1, 0.15) is 0 Å². The van der Waals surface area contributed by atoms with Crippen LogP contribution in [-0.4, -0.2) is 26.3 Å². The van der Waals surface area contributed by atoms with Gasteiger partial charge in [0.15, 0.2) is 0 Å². The first-order chi connectivity index (χ1) is 7.66. The van der Waals surface area contributed by atoms with E-state index in [0.29, 0.717) is 18.0 Å². The zero-order valence-electron chi connectivity index (χ0n) is 10.7. The fourth-order valence-corrected chi connectivity index (χ4v) is 4.08. The molecule has 6 heteroatoms. The lowest BCUT2D eigenvalue weighted by atomic mass is 9.97. The van der Waals surface area contributed by atoms with E-state index in [1.165, 1.54) is 15.6 Å². The monoisotopic (exact) mass is 276 g/mol. The molecule has 98 valence electrons. The molecule has 0 radical (unpaired) electrons. The van der Waals surface area contributed by atoms with Crippen LogP contribution in [0.1, 0.15) is 25.6 Å². The lowest BCUT2D eigenvalue weighted by molar-refractivity contribution is 0.311. The standard InChI is InChI=1S/C11H20N2O2S2/c1-11(2,3)8-13(4)17(14,15)10-5-9(6-12)16-7-10/h5,7H,6,8,12H2,1-4H3. The maximum atomic E-state index is 12.2. The summed E-state index contributed by atoms with van der Waals surface area (Å²) in [7, 11) is -1.76. The summed E-state index contributed by atoms with van der Waals surface area (Å²) in [5.41, 5.74) is 5.43. The van der Waals surface area contributed by atoms with Crippen molar-refractivity contribution in [3.05, 3.63) is 16.3 Å². The first kappa shape index (κ1) is 14.6. The number of nitrogens with two attached hydrogens (primary N) is 1. The van der Waals surface area contributed by atoms with Crippen LogP contribution >= 0.6 is 11.3 Å². The van der Waals surface area contributed by atoms with Crippen LogP contribution in [0.3, 0.4) is 0 Å². The van der Waals surface area contributed by atoms with E-state index in [1.807, 2.05) is 20.8 Å². The van der Waals surface area contributed by atoms with E-state index >= 15 is 0 Å². The van der Waals surface area contributed by atoms with Crippen molar-refractivity contribution in [2.75, 3.05) is 13.6 Å². The lowest BCUT2D eigenvalue weighted by Crippen LogP contribution is -2.34. The SMILES string of the molecule is CN(CC(C)(C)C)S(=O)(=O)c1csc(CN)c1. The molecule has 0 spiro atoms. The molecular formula is C11H20N2O2S2. The average Bonchev–Trinajstić information content (AvgIpc) is 2.63. The summed E-state index contributed by atoms with van der Waals surface area (Å²) >= 11 is 1.38. The minimum Gasteiger partial charge on any atom is -0.326 e. The van der Waals surface area contributed by atoms with Gasteiger partial charge >= 0.3 is 0 Å². The number of hydrogen-bond acceptors (Lipinski definition) is 4. The Morgan fingerprint density at radius 2 is 2.00 bits per heavy atom. The van der Waals surface area contributed by atoms with Crippen LogP contribution in [-0.2, 0) is 16.6 Å². The molecule has 4 nitrogen and oxygen atoms in total. The third-order valence-corrected chi connectivity index (χ3v) is 5.13. The van der Waals surface area contributed by atoms with Gasteiger partial charge in [-0.3, -0.25) is 0 Å². The normalized spacial score (nSPS) is 13.3. The Hall–Kier alpha value is -0.430. The fraction of sp³-hybridized carbons (Fsp3) is 0.636. The van der Waals surface area contributed by atoms with Gasteiger partial charge in [0.05, 0.1) is 4.90 Å². The number of rotatable bonds is 4. The van der Waals surface area contributed by atoms with Crippen molar-refractivity contribution in [3.8, 4) is 0 Å². The Morgan fingerprint density at radius 1 is 1.41 bits per heavy atom. The topological polar surface area (TPSA) is 63.4 Å². The average molecular weight is 276 g/mol. The molecule has 0 unspecified atom stereocenters.